The summed E-state index contributed by atoms with van der Waals surface area (Å²) in [4.78, 5) is 22.9. The molecule has 0 radical (unpaired) electrons. The third-order valence-electron chi connectivity index (χ3n) is 1.93. The summed E-state index contributed by atoms with van der Waals surface area (Å²) in [5.74, 6) is -1.54. The molecular formula is C11H13NO4S. The molecule has 0 fully saturated rings. The Morgan fingerprint density at radius 2 is 1.94 bits per heavy atom. The predicted molar refractivity (Wildman–Crippen MR) is 63.8 cm³/mol. The first-order chi connectivity index (χ1) is 8.13. The monoisotopic (exact) mass is 255 g/mol. The minimum atomic E-state index is -1.24. The Hall–Kier alpha value is -1.53. The van der Waals surface area contributed by atoms with Crippen LogP contribution in [0.4, 0.5) is 0 Å². The third kappa shape index (κ3) is 4.88. The number of hydrogen-bond donors (Lipinski definition) is 3. The number of thioether (sulfide) groups is 1. The van der Waals surface area contributed by atoms with Crippen molar-refractivity contribution in [1.29, 1.82) is 0 Å². The molecule has 0 bridgehead atoms. The van der Waals surface area contributed by atoms with E-state index in [4.69, 9.17) is 10.2 Å². The fourth-order valence-corrected chi connectivity index (χ4v) is 1.82. The van der Waals surface area contributed by atoms with Crippen LogP contribution in [0.5, 0.6) is 0 Å². The summed E-state index contributed by atoms with van der Waals surface area (Å²) >= 11 is 1.31. The van der Waals surface area contributed by atoms with Crippen LogP contribution in [0.15, 0.2) is 35.2 Å². The first-order valence-electron chi connectivity index (χ1n) is 4.94. The Kier molecular flexibility index (Phi) is 5.51. The topological polar surface area (TPSA) is 86.6 Å². The fraction of sp³-hybridized carbons (Fsp3) is 0.273. The second-order valence-electron chi connectivity index (χ2n) is 3.24. The second kappa shape index (κ2) is 6.93. The number of carboxylic acid groups (broad SMARTS) is 1. The highest BCUT2D eigenvalue weighted by Crippen LogP contribution is 2.16. The molecule has 1 aromatic carbocycles. The summed E-state index contributed by atoms with van der Waals surface area (Å²) in [6.45, 7) is -0.614. The molecule has 0 aliphatic rings. The van der Waals surface area contributed by atoms with Gasteiger partial charge in [0.1, 0.15) is 6.04 Å². The molecule has 1 amide bonds. The van der Waals surface area contributed by atoms with Crippen LogP contribution in [0, 0.1) is 0 Å². The van der Waals surface area contributed by atoms with Gasteiger partial charge in [-0.3, -0.25) is 4.79 Å². The number of aliphatic hydroxyl groups excluding tert-OH is 1. The molecule has 1 rings (SSSR count). The van der Waals surface area contributed by atoms with Crippen molar-refractivity contribution >= 4 is 23.6 Å². The van der Waals surface area contributed by atoms with Gasteiger partial charge in [0.15, 0.2) is 0 Å². The molecule has 0 spiro atoms. The van der Waals surface area contributed by atoms with Gasteiger partial charge in [0, 0.05) is 4.90 Å². The smallest absolute Gasteiger partial charge is 0.328 e. The molecule has 1 unspecified atom stereocenters. The van der Waals surface area contributed by atoms with E-state index in [1.807, 2.05) is 30.3 Å². The molecule has 17 heavy (non-hydrogen) atoms. The van der Waals surface area contributed by atoms with Crippen molar-refractivity contribution in [3.05, 3.63) is 30.3 Å². The number of hydrogen-bond acceptors (Lipinski definition) is 4. The maximum absolute atomic E-state index is 11.4. The number of rotatable bonds is 6. The first-order valence-corrected chi connectivity index (χ1v) is 5.93. The molecular weight excluding hydrogens is 242 g/mol. The largest absolute Gasteiger partial charge is 0.480 e. The Morgan fingerprint density at radius 3 is 2.47 bits per heavy atom. The number of carbonyl (C=O) groups excluding carboxylic acids is 1. The summed E-state index contributed by atoms with van der Waals surface area (Å²) in [7, 11) is 0. The zero-order valence-corrected chi connectivity index (χ0v) is 9.81. The number of amides is 1. The Balaban J connectivity index is 2.37. The van der Waals surface area contributed by atoms with Gasteiger partial charge in [-0.25, -0.2) is 4.79 Å². The lowest BCUT2D eigenvalue weighted by Gasteiger charge is -2.11. The summed E-state index contributed by atoms with van der Waals surface area (Å²) in [5.41, 5.74) is 0. The summed E-state index contributed by atoms with van der Waals surface area (Å²) in [6.07, 6.45) is 0. The second-order valence-corrected chi connectivity index (χ2v) is 4.29. The molecule has 0 aromatic heterocycles. The van der Waals surface area contributed by atoms with Crippen molar-refractivity contribution in [2.75, 3.05) is 12.4 Å². The maximum Gasteiger partial charge on any atom is 0.328 e. The van der Waals surface area contributed by atoms with E-state index in [1.165, 1.54) is 11.8 Å². The number of benzene rings is 1. The van der Waals surface area contributed by atoms with E-state index in [1.54, 1.807) is 0 Å². The van der Waals surface area contributed by atoms with Gasteiger partial charge in [0.2, 0.25) is 5.91 Å². The molecule has 0 saturated heterocycles. The van der Waals surface area contributed by atoms with Gasteiger partial charge in [0.25, 0.3) is 0 Å². The number of carbonyl (C=O) groups is 2. The molecule has 5 nitrogen and oxygen atoms in total. The molecule has 0 saturated carbocycles. The number of carboxylic acids is 1. The minimum absolute atomic E-state index is 0.119. The highest BCUT2D eigenvalue weighted by Gasteiger charge is 2.18. The van der Waals surface area contributed by atoms with Crippen LogP contribution in [0.25, 0.3) is 0 Å². The normalized spacial score (nSPS) is 11.8. The van der Waals surface area contributed by atoms with Gasteiger partial charge in [-0.15, -0.1) is 11.8 Å². The van der Waals surface area contributed by atoms with Crippen molar-refractivity contribution in [2.24, 2.45) is 0 Å². The molecule has 0 heterocycles. The number of nitrogens with one attached hydrogen (secondary N) is 1. The molecule has 1 aromatic rings. The van der Waals surface area contributed by atoms with Gasteiger partial charge >= 0.3 is 5.97 Å². The van der Waals surface area contributed by atoms with Gasteiger partial charge < -0.3 is 15.5 Å². The standard InChI is InChI=1S/C11H13NO4S/c13-6-9(11(15)16)12-10(14)7-17-8-4-2-1-3-5-8/h1-5,9,13H,6-7H2,(H,12,14)(H,15,16). The lowest BCUT2D eigenvalue weighted by Crippen LogP contribution is -2.44. The minimum Gasteiger partial charge on any atom is -0.480 e. The maximum atomic E-state index is 11.4. The predicted octanol–water partition coefficient (Wildman–Crippen LogP) is 0.340. The van der Waals surface area contributed by atoms with E-state index >= 15 is 0 Å². The molecule has 0 aliphatic heterocycles. The van der Waals surface area contributed by atoms with Crippen molar-refractivity contribution < 1.29 is 19.8 Å². The Bertz CT molecular complexity index is 382. The van der Waals surface area contributed by atoms with Gasteiger partial charge in [-0.2, -0.15) is 0 Å². The quantitative estimate of drug-likeness (QED) is 0.638. The summed E-state index contributed by atoms with van der Waals surface area (Å²) < 4.78 is 0. The lowest BCUT2D eigenvalue weighted by molar-refractivity contribution is -0.142. The molecule has 6 heteroatoms. The number of aliphatic carboxylic acids is 1. The van der Waals surface area contributed by atoms with E-state index in [0.717, 1.165) is 4.90 Å². The van der Waals surface area contributed by atoms with Crippen molar-refractivity contribution in [3.8, 4) is 0 Å². The SMILES string of the molecule is O=C(CSc1ccccc1)NC(CO)C(=O)O. The first kappa shape index (κ1) is 13.5. The average molecular weight is 255 g/mol. The molecule has 92 valence electrons. The number of aliphatic hydroxyl groups is 1. The van der Waals surface area contributed by atoms with Crippen LogP contribution >= 0.6 is 11.8 Å². The van der Waals surface area contributed by atoms with E-state index in [2.05, 4.69) is 5.32 Å². The molecule has 0 aliphatic carbocycles. The highest BCUT2D eigenvalue weighted by molar-refractivity contribution is 8.00. The van der Waals surface area contributed by atoms with Crippen molar-refractivity contribution in [2.45, 2.75) is 10.9 Å². The van der Waals surface area contributed by atoms with Crippen LogP contribution in [0.2, 0.25) is 0 Å². The van der Waals surface area contributed by atoms with E-state index < -0.39 is 24.5 Å². The third-order valence-corrected chi connectivity index (χ3v) is 2.94. The van der Waals surface area contributed by atoms with Crippen LogP contribution in [0.1, 0.15) is 0 Å². The zero-order valence-electron chi connectivity index (χ0n) is 9.00. The molecule has 3 N–H and O–H groups in total. The summed E-state index contributed by atoms with van der Waals surface area (Å²) in [5, 5.41) is 19.6. The van der Waals surface area contributed by atoms with E-state index in [-0.39, 0.29) is 5.75 Å². The molecule has 1 atom stereocenters. The summed E-state index contributed by atoms with van der Waals surface area (Å²) in [6, 6.07) is 8.06. The lowest BCUT2D eigenvalue weighted by atomic mass is 10.3. The van der Waals surface area contributed by atoms with Gasteiger partial charge in [0.05, 0.1) is 12.4 Å². The van der Waals surface area contributed by atoms with Crippen LogP contribution < -0.4 is 5.32 Å². The van der Waals surface area contributed by atoms with Crippen molar-refractivity contribution in [3.63, 3.8) is 0 Å². The van der Waals surface area contributed by atoms with Crippen LogP contribution in [-0.4, -0.2) is 40.5 Å². The van der Waals surface area contributed by atoms with Crippen LogP contribution in [0.3, 0.4) is 0 Å². The zero-order chi connectivity index (χ0) is 12.7. The van der Waals surface area contributed by atoms with E-state index in [9.17, 15) is 9.59 Å². The van der Waals surface area contributed by atoms with E-state index in [0.29, 0.717) is 0 Å². The van der Waals surface area contributed by atoms with Crippen molar-refractivity contribution in [1.82, 2.24) is 5.32 Å². The Labute approximate surface area is 103 Å². The van der Waals surface area contributed by atoms with Gasteiger partial charge in [-0.05, 0) is 12.1 Å². The average Bonchev–Trinajstić information content (AvgIpc) is 2.34. The van der Waals surface area contributed by atoms with Crippen LogP contribution in [-0.2, 0) is 9.59 Å². The fourth-order valence-electron chi connectivity index (χ4n) is 1.09. The highest BCUT2D eigenvalue weighted by atomic mass is 32.2. The van der Waals surface area contributed by atoms with Gasteiger partial charge in [-0.1, -0.05) is 18.2 Å². The Morgan fingerprint density at radius 1 is 1.29 bits per heavy atom.